The maximum atomic E-state index is 5.04. The topological polar surface area (TPSA) is 18.5 Å². The van der Waals surface area contributed by atoms with Crippen molar-refractivity contribution in [3.63, 3.8) is 0 Å². The molecule has 1 fully saturated rings. The number of rotatable bonds is 1. The summed E-state index contributed by atoms with van der Waals surface area (Å²) in [5, 5.41) is 0. The molecule has 0 amide bonds. The van der Waals surface area contributed by atoms with Gasteiger partial charge in [0.1, 0.15) is 0 Å². The van der Waals surface area contributed by atoms with E-state index in [2.05, 4.69) is 0 Å². The van der Waals surface area contributed by atoms with E-state index in [9.17, 15) is 0 Å². The standard InChI is InChI=1S/C4H8O2S/c1-5-4-6-2-3-7-4/h4H,2-3H2,1H3. The second-order valence-corrected chi connectivity index (χ2v) is 2.39. The molecule has 0 aromatic heterocycles. The van der Waals surface area contributed by atoms with E-state index >= 15 is 0 Å². The average Bonchev–Trinajstić information content (AvgIpc) is 2.14. The van der Waals surface area contributed by atoms with Gasteiger partial charge in [-0.15, -0.1) is 0 Å². The first-order chi connectivity index (χ1) is 3.43. The molecule has 0 aromatic rings. The van der Waals surface area contributed by atoms with Gasteiger partial charge in [-0.05, 0) is 0 Å². The number of thioether (sulfide) groups is 1. The molecule has 1 atom stereocenters. The molecule has 0 N–H and O–H groups in total. The van der Waals surface area contributed by atoms with E-state index in [1.807, 2.05) is 0 Å². The second kappa shape index (κ2) is 2.55. The number of methoxy groups -OCH3 is 1. The summed E-state index contributed by atoms with van der Waals surface area (Å²) in [5.41, 5.74) is 0.0139. The molecule has 0 aliphatic carbocycles. The van der Waals surface area contributed by atoms with Crippen LogP contribution in [0.15, 0.2) is 0 Å². The molecule has 0 aromatic carbocycles. The van der Waals surface area contributed by atoms with Crippen LogP contribution in [0.25, 0.3) is 0 Å². The van der Waals surface area contributed by atoms with Crippen LogP contribution in [0.5, 0.6) is 0 Å². The van der Waals surface area contributed by atoms with Crippen LogP contribution < -0.4 is 0 Å². The van der Waals surface area contributed by atoms with Gasteiger partial charge in [0.15, 0.2) is 0 Å². The lowest BCUT2D eigenvalue weighted by atomic mass is 10.9. The largest absolute Gasteiger partial charge is 0.347 e. The van der Waals surface area contributed by atoms with Crippen LogP contribution in [-0.4, -0.2) is 25.1 Å². The third-order valence-corrected chi connectivity index (χ3v) is 1.79. The van der Waals surface area contributed by atoms with Gasteiger partial charge in [-0.2, -0.15) is 0 Å². The monoisotopic (exact) mass is 120 g/mol. The Labute approximate surface area is 47.2 Å². The van der Waals surface area contributed by atoms with E-state index in [1.54, 1.807) is 18.9 Å². The van der Waals surface area contributed by atoms with Crippen LogP contribution in [0.1, 0.15) is 0 Å². The van der Waals surface area contributed by atoms with Gasteiger partial charge in [0.2, 0.25) is 5.62 Å². The third kappa shape index (κ3) is 1.33. The van der Waals surface area contributed by atoms with E-state index < -0.39 is 0 Å². The molecule has 1 rings (SSSR count). The Hall–Kier alpha value is 0.270. The molecule has 2 nitrogen and oxygen atoms in total. The summed E-state index contributed by atoms with van der Waals surface area (Å²) in [4.78, 5) is 0. The van der Waals surface area contributed by atoms with Crippen LogP contribution in [0.3, 0.4) is 0 Å². The Morgan fingerprint density at radius 3 is 3.00 bits per heavy atom. The highest BCUT2D eigenvalue weighted by molar-refractivity contribution is 7.99. The molecule has 1 aliphatic heterocycles. The minimum absolute atomic E-state index is 0.0139. The van der Waals surface area contributed by atoms with Gasteiger partial charge >= 0.3 is 0 Å². The Kier molecular flexibility index (Phi) is 1.97. The van der Waals surface area contributed by atoms with E-state index in [1.165, 1.54) is 0 Å². The lowest BCUT2D eigenvalue weighted by molar-refractivity contribution is -0.0432. The van der Waals surface area contributed by atoms with Crippen molar-refractivity contribution in [3.05, 3.63) is 0 Å². The minimum Gasteiger partial charge on any atom is -0.347 e. The number of hydrogen-bond acceptors (Lipinski definition) is 3. The van der Waals surface area contributed by atoms with E-state index in [-0.39, 0.29) is 5.62 Å². The molecule has 7 heavy (non-hydrogen) atoms. The molecule has 1 saturated heterocycles. The summed E-state index contributed by atoms with van der Waals surface area (Å²) >= 11 is 1.70. The van der Waals surface area contributed by atoms with Crippen LogP contribution >= 0.6 is 11.8 Å². The van der Waals surface area contributed by atoms with Gasteiger partial charge in [-0.1, -0.05) is 11.8 Å². The third-order valence-electron chi connectivity index (χ3n) is 0.784. The van der Waals surface area contributed by atoms with E-state index in [0.717, 1.165) is 12.4 Å². The average molecular weight is 120 g/mol. The van der Waals surface area contributed by atoms with Crippen molar-refractivity contribution in [1.29, 1.82) is 0 Å². The molecule has 3 heteroatoms. The molecule has 1 heterocycles. The van der Waals surface area contributed by atoms with Crippen molar-refractivity contribution in [2.45, 2.75) is 5.62 Å². The lowest BCUT2D eigenvalue weighted by Gasteiger charge is -2.02. The summed E-state index contributed by atoms with van der Waals surface area (Å²) in [6.07, 6.45) is 0. The first-order valence-corrected chi connectivity index (χ1v) is 3.24. The quantitative estimate of drug-likeness (QED) is 0.507. The van der Waals surface area contributed by atoms with Crippen LogP contribution in [0.2, 0.25) is 0 Å². The maximum absolute atomic E-state index is 5.04. The van der Waals surface area contributed by atoms with Crippen molar-refractivity contribution in [3.8, 4) is 0 Å². The van der Waals surface area contributed by atoms with Crippen LogP contribution in [0.4, 0.5) is 0 Å². The normalized spacial score (nSPS) is 31.3. The Bertz CT molecular complexity index is 51.7. The summed E-state index contributed by atoms with van der Waals surface area (Å²) < 4.78 is 9.89. The van der Waals surface area contributed by atoms with Gasteiger partial charge in [0.25, 0.3) is 0 Å². The highest BCUT2D eigenvalue weighted by Crippen LogP contribution is 2.18. The molecule has 1 unspecified atom stereocenters. The predicted octanol–water partition coefficient (Wildman–Crippen LogP) is 0.680. The van der Waals surface area contributed by atoms with Crippen LogP contribution in [-0.2, 0) is 9.47 Å². The van der Waals surface area contributed by atoms with Gasteiger partial charge < -0.3 is 9.47 Å². The van der Waals surface area contributed by atoms with E-state index in [0.29, 0.717) is 0 Å². The van der Waals surface area contributed by atoms with Crippen molar-refractivity contribution >= 4 is 11.8 Å². The van der Waals surface area contributed by atoms with Crippen molar-refractivity contribution in [2.24, 2.45) is 0 Å². The van der Waals surface area contributed by atoms with Gasteiger partial charge in [-0.25, -0.2) is 0 Å². The van der Waals surface area contributed by atoms with Gasteiger partial charge in [-0.3, -0.25) is 0 Å². The summed E-state index contributed by atoms with van der Waals surface area (Å²) in [6, 6.07) is 0. The zero-order chi connectivity index (χ0) is 5.11. The highest BCUT2D eigenvalue weighted by atomic mass is 32.2. The number of hydrogen-bond donors (Lipinski definition) is 0. The van der Waals surface area contributed by atoms with Gasteiger partial charge in [0, 0.05) is 12.9 Å². The fraction of sp³-hybridized carbons (Fsp3) is 1.00. The molecular formula is C4H8O2S. The zero-order valence-electron chi connectivity index (χ0n) is 4.22. The van der Waals surface area contributed by atoms with E-state index in [4.69, 9.17) is 9.47 Å². The van der Waals surface area contributed by atoms with Crippen LogP contribution in [0, 0.1) is 0 Å². The second-order valence-electron chi connectivity index (χ2n) is 1.27. The SMILES string of the molecule is COC1OCCS1. The first-order valence-electron chi connectivity index (χ1n) is 2.19. The molecular weight excluding hydrogens is 112 g/mol. The van der Waals surface area contributed by atoms with Gasteiger partial charge in [0.05, 0.1) is 6.61 Å². The van der Waals surface area contributed by atoms with Crippen molar-refractivity contribution in [1.82, 2.24) is 0 Å². The summed E-state index contributed by atoms with van der Waals surface area (Å²) in [5.74, 6) is 1.07. The van der Waals surface area contributed by atoms with Crippen molar-refractivity contribution < 1.29 is 9.47 Å². The minimum atomic E-state index is 0.0139. The molecule has 0 radical (unpaired) electrons. The van der Waals surface area contributed by atoms with Crippen molar-refractivity contribution in [2.75, 3.05) is 19.5 Å². The zero-order valence-corrected chi connectivity index (χ0v) is 5.03. The lowest BCUT2D eigenvalue weighted by Crippen LogP contribution is -2.01. The first kappa shape index (κ1) is 5.41. The molecule has 0 bridgehead atoms. The number of ether oxygens (including phenoxy) is 2. The molecule has 1 aliphatic rings. The smallest absolute Gasteiger partial charge is 0.206 e. The summed E-state index contributed by atoms with van der Waals surface area (Å²) in [7, 11) is 1.66. The highest BCUT2D eigenvalue weighted by Gasteiger charge is 2.13. The summed E-state index contributed by atoms with van der Waals surface area (Å²) in [6.45, 7) is 0.836. The maximum Gasteiger partial charge on any atom is 0.206 e. The Morgan fingerprint density at radius 1 is 1.86 bits per heavy atom. The predicted molar refractivity (Wildman–Crippen MR) is 29.2 cm³/mol. The Balaban J connectivity index is 2.14. The fourth-order valence-electron chi connectivity index (χ4n) is 0.473. The molecule has 42 valence electrons. The Morgan fingerprint density at radius 2 is 2.71 bits per heavy atom. The molecule has 0 saturated carbocycles. The molecule has 0 spiro atoms. The fourth-order valence-corrected chi connectivity index (χ4v) is 1.19.